The van der Waals surface area contributed by atoms with E-state index in [1.165, 1.54) is 19.3 Å². The van der Waals surface area contributed by atoms with Crippen LogP contribution < -0.4 is 10.2 Å². The molecule has 1 N–H and O–H groups in total. The fourth-order valence-electron chi connectivity index (χ4n) is 2.08. The summed E-state index contributed by atoms with van der Waals surface area (Å²) in [6.07, 6.45) is 4.71. The molecule has 0 aliphatic heterocycles. The van der Waals surface area contributed by atoms with Gasteiger partial charge in [-0.25, -0.2) is 0 Å². The Balaban J connectivity index is 2.30. The van der Waals surface area contributed by atoms with Gasteiger partial charge in [0.25, 0.3) is 0 Å². The number of amides is 1. The van der Waals surface area contributed by atoms with E-state index in [0.29, 0.717) is 6.54 Å². The average molecular weight is 262 g/mol. The van der Waals surface area contributed by atoms with E-state index in [0.717, 1.165) is 12.1 Å². The molecule has 0 heterocycles. The number of anilines is 1. The molecule has 1 unspecified atom stereocenters. The van der Waals surface area contributed by atoms with Gasteiger partial charge in [-0.05, 0) is 25.5 Å². The van der Waals surface area contributed by atoms with E-state index in [1.807, 2.05) is 42.3 Å². The molecule has 3 heteroatoms. The van der Waals surface area contributed by atoms with Crippen molar-refractivity contribution in [2.45, 2.75) is 45.6 Å². The molecular weight excluding hydrogens is 236 g/mol. The van der Waals surface area contributed by atoms with Gasteiger partial charge in [-0.3, -0.25) is 4.79 Å². The number of unbranched alkanes of at least 4 members (excludes halogenated alkanes) is 2. The molecule has 0 radical (unpaired) electrons. The first-order valence-electron chi connectivity index (χ1n) is 7.19. The van der Waals surface area contributed by atoms with Crippen molar-refractivity contribution in [2.75, 3.05) is 18.5 Å². The monoisotopic (exact) mass is 262 g/mol. The van der Waals surface area contributed by atoms with Gasteiger partial charge in [-0.2, -0.15) is 0 Å². The molecule has 19 heavy (non-hydrogen) atoms. The molecule has 1 aromatic rings. The van der Waals surface area contributed by atoms with Gasteiger partial charge < -0.3 is 10.2 Å². The zero-order chi connectivity index (χ0) is 14.1. The summed E-state index contributed by atoms with van der Waals surface area (Å²) < 4.78 is 0. The lowest BCUT2D eigenvalue weighted by atomic mass is 10.1. The first kappa shape index (κ1) is 15.5. The summed E-state index contributed by atoms with van der Waals surface area (Å²) in [4.78, 5) is 13.9. The second-order valence-electron chi connectivity index (χ2n) is 5.16. The highest BCUT2D eigenvalue weighted by Gasteiger charge is 2.10. The maximum Gasteiger partial charge on any atom is 0.239 e. The molecule has 3 nitrogen and oxygen atoms in total. The number of rotatable bonds is 8. The lowest BCUT2D eigenvalue weighted by Gasteiger charge is -2.20. The van der Waals surface area contributed by atoms with E-state index in [9.17, 15) is 4.79 Å². The number of nitrogens with zero attached hydrogens (tertiary/aromatic N) is 1. The third kappa shape index (κ3) is 6.27. The topological polar surface area (TPSA) is 32.3 Å². The summed E-state index contributed by atoms with van der Waals surface area (Å²) in [5, 5.41) is 3.06. The summed E-state index contributed by atoms with van der Waals surface area (Å²) in [5.74, 6) is 0.0929. The lowest BCUT2D eigenvalue weighted by Crippen LogP contribution is -2.39. The Labute approximate surface area is 117 Å². The fraction of sp³-hybridized carbons (Fsp3) is 0.562. The van der Waals surface area contributed by atoms with Gasteiger partial charge in [0, 0.05) is 18.8 Å². The zero-order valence-electron chi connectivity index (χ0n) is 12.4. The standard InChI is InChI=1S/C16H26N2O/c1-4-5-7-10-14(2)17-16(19)13-18(3)15-11-8-6-9-12-15/h6,8-9,11-12,14H,4-5,7,10,13H2,1-3H3,(H,17,19). The Morgan fingerprint density at radius 2 is 1.95 bits per heavy atom. The highest BCUT2D eigenvalue weighted by Crippen LogP contribution is 2.10. The molecule has 0 bridgehead atoms. The third-order valence-corrected chi connectivity index (χ3v) is 3.23. The van der Waals surface area contributed by atoms with Crippen LogP contribution in [0.4, 0.5) is 5.69 Å². The zero-order valence-corrected chi connectivity index (χ0v) is 12.4. The van der Waals surface area contributed by atoms with Crippen molar-refractivity contribution in [3.63, 3.8) is 0 Å². The molecule has 0 aliphatic rings. The predicted molar refractivity (Wildman–Crippen MR) is 81.5 cm³/mol. The van der Waals surface area contributed by atoms with E-state index < -0.39 is 0 Å². The fourth-order valence-corrected chi connectivity index (χ4v) is 2.08. The molecule has 0 aromatic heterocycles. The molecule has 106 valence electrons. The Kier molecular flexibility index (Phi) is 7.01. The van der Waals surface area contributed by atoms with Crippen LogP contribution in [-0.4, -0.2) is 25.5 Å². The smallest absolute Gasteiger partial charge is 0.239 e. The first-order chi connectivity index (χ1) is 9.13. The quantitative estimate of drug-likeness (QED) is 0.730. The normalized spacial score (nSPS) is 11.9. The maximum absolute atomic E-state index is 11.9. The number of carbonyl (C=O) groups is 1. The number of likely N-dealkylation sites (N-methyl/N-ethyl adjacent to an activating group) is 1. The first-order valence-corrected chi connectivity index (χ1v) is 7.19. The number of carbonyl (C=O) groups excluding carboxylic acids is 1. The van der Waals surface area contributed by atoms with Crippen molar-refractivity contribution in [3.8, 4) is 0 Å². The molecule has 0 spiro atoms. The van der Waals surface area contributed by atoms with Gasteiger partial charge >= 0.3 is 0 Å². The van der Waals surface area contributed by atoms with E-state index in [-0.39, 0.29) is 11.9 Å². The molecule has 1 rings (SSSR count). The van der Waals surface area contributed by atoms with Crippen molar-refractivity contribution in [3.05, 3.63) is 30.3 Å². The predicted octanol–water partition coefficient (Wildman–Crippen LogP) is 3.21. The third-order valence-electron chi connectivity index (χ3n) is 3.23. The van der Waals surface area contributed by atoms with Gasteiger partial charge in [0.1, 0.15) is 0 Å². The minimum atomic E-state index is 0.0929. The summed E-state index contributed by atoms with van der Waals surface area (Å²) in [5.41, 5.74) is 1.07. The summed E-state index contributed by atoms with van der Waals surface area (Å²) in [6, 6.07) is 10.2. The van der Waals surface area contributed by atoms with Crippen LogP contribution in [0, 0.1) is 0 Å². The van der Waals surface area contributed by atoms with Gasteiger partial charge in [0.2, 0.25) is 5.91 Å². The van der Waals surface area contributed by atoms with Crippen LogP contribution >= 0.6 is 0 Å². The van der Waals surface area contributed by atoms with Crippen molar-refractivity contribution < 1.29 is 4.79 Å². The maximum atomic E-state index is 11.9. The van der Waals surface area contributed by atoms with Gasteiger partial charge in [0.15, 0.2) is 0 Å². The molecule has 0 aliphatic carbocycles. The minimum absolute atomic E-state index is 0.0929. The molecule has 0 fully saturated rings. The second-order valence-corrected chi connectivity index (χ2v) is 5.16. The van der Waals surface area contributed by atoms with Crippen LogP contribution in [0.25, 0.3) is 0 Å². The van der Waals surface area contributed by atoms with Crippen molar-refractivity contribution >= 4 is 11.6 Å². The highest BCUT2D eigenvalue weighted by molar-refractivity contribution is 5.81. The summed E-state index contributed by atoms with van der Waals surface area (Å²) in [7, 11) is 1.94. The summed E-state index contributed by atoms with van der Waals surface area (Å²) in [6.45, 7) is 4.68. The molecule has 0 saturated carbocycles. The Morgan fingerprint density at radius 3 is 2.58 bits per heavy atom. The molecule has 1 atom stereocenters. The van der Waals surface area contributed by atoms with Crippen LogP contribution in [0.2, 0.25) is 0 Å². The molecule has 0 saturated heterocycles. The van der Waals surface area contributed by atoms with Crippen molar-refractivity contribution in [2.24, 2.45) is 0 Å². The number of nitrogens with one attached hydrogen (secondary N) is 1. The Hall–Kier alpha value is -1.51. The molecular formula is C16H26N2O. The Morgan fingerprint density at radius 1 is 1.26 bits per heavy atom. The van der Waals surface area contributed by atoms with Crippen molar-refractivity contribution in [1.29, 1.82) is 0 Å². The number of hydrogen-bond acceptors (Lipinski definition) is 2. The highest BCUT2D eigenvalue weighted by atomic mass is 16.2. The van der Waals surface area contributed by atoms with Gasteiger partial charge in [-0.15, -0.1) is 0 Å². The van der Waals surface area contributed by atoms with Crippen LogP contribution in [0.15, 0.2) is 30.3 Å². The van der Waals surface area contributed by atoms with Crippen LogP contribution in [0.5, 0.6) is 0 Å². The van der Waals surface area contributed by atoms with Crippen molar-refractivity contribution in [1.82, 2.24) is 5.32 Å². The Bertz CT molecular complexity index is 364. The van der Waals surface area contributed by atoms with E-state index in [2.05, 4.69) is 19.2 Å². The average Bonchev–Trinajstić information content (AvgIpc) is 2.39. The van der Waals surface area contributed by atoms with Crippen LogP contribution in [0.1, 0.15) is 39.5 Å². The second kappa shape index (κ2) is 8.57. The number of para-hydroxylation sites is 1. The largest absolute Gasteiger partial charge is 0.365 e. The molecule has 1 aromatic carbocycles. The van der Waals surface area contributed by atoms with E-state index >= 15 is 0 Å². The van der Waals surface area contributed by atoms with E-state index in [1.54, 1.807) is 0 Å². The molecule has 1 amide bonds. The SMILES string of the molecule is CCCCCC(C)NC(=O)CN(C)c1ccccc1. The number of hydrogen-bond donors (Lipinski definition) is 1. The van der Waals surface area contributed by atoms with E-state index in [4.69, 9.17) is 0 Å². The van der Waals surface area contributed by atoms with Gasteiger partial charge in [-0.1, -0.05) is 44.4 Å². The van der Waals surface area contributed by atoms with Gasteiger partial charge in [0.05, 0.1) is 6.54 Å². The lowest BCUT2D eigenvalue weighted by molar-refractivity contribution is -0.120. The van der Waals surface area contributed by atoms with Crippen LogP contribution in [0.3, 0.4) is 0 Å². The number of benzene rings is 1. The minimum Gasteiger partial charge on any atom is -0.365 e. The van der Waals surface area contributed by atoms with Crippen LogP contribution in [-0.2, 0) is 4.79 Å². The summed E-state index contributed by atoms with van der Waals surface area (Å²) >= 11 is 0.